The average molecular weight is 253 g/mol. The fraction of sp³-hybridized carbons (Fsp3) is 0.188. The van der Waals surface area contributed by atoms with E-state index in [1.807, 2.05) is 42.5 Å². The number of carbonyl (C=O) groups is 1. The second-order valence-electron chi connectivity index (χ2n) is 4.79. The number of amides is 1. The molecule has 0 spiro atoms. The van der Waals surface area contributed by atoms with E-state index < -0.39 is 6.10 Å². The predicted molar refractivity (Wildman–Crippen MR) is 72.8 cm³/mol. The Morgan fingerprint density at radius 2 is 1.74 bits per heavy atom. The van der Waals surface area contributed by atoms with Crippen molar-refractivity contribution >= 4 is 5.91 Å². The Hall–Kier alpha value is -2.13. The van der Waals surface area contributed by atoms with Gasteiger partial charge in [0.2, 0.25) is 0 Å². The molecule has 2 atom stereocenters. The number of aliphatic hydroxyl groups excluding tert-OH is 1. The van der Waals surface area contributed by atoms with Crippen LogP contribution in [-0.4, -0.2) is 17.1 Å². The van der Waals surface area contributed by atoms with E-state index in [1.54, 1.807) is 12.1 Å². The highest BCUT2D eigenvalue weighted by molar-refractivity contribution is 5.94. The molecule has 19 heavy (non-hydrogen) atoms. The highest BCUT2D eigenvalue weighted by Crippen LogP contribution is 2.31. The van der Waals surface area contributed by atoms with Crippen molar-refractivity contribution < 1.29 is 9.90 Å². The number of rotatable bonds is 2. The van der Waals surface area contributed by atoms with Gasteiger partial charge in [-0.1, -0.05) is 42.5 Å². The maximum absolute atomic E-state index is 12.1. The predicted octanol–water partition coefficient (Wildman–Crippen LogP) is 2.07. The van der Waals surface area contributed by atoms with Gasteiger partial charge in [0.25, 0.3) is 5.91 Å². The smallest absolute Gasteiger partial charge is 0.251 e. The molecule has 0 saturated carbocycles. The van der Waals surface area contributed by atoms with Crippen molar-refractivity contribution in [2.24, 2.45) is 0 Å². The minimum atomic E-state index is -0.621. The first-order chi connectivity index (χ1) is 9.25. The minimum absolute atomic E-state index is 0.141. The van der Waals surface area contributed by atoms with Gasteiger partial charge in [-0.2, -0.15) is 0 Å². The highest BCUT2D eigenvalue weighted by atomic mass is 16.3. The number of fused-ring (bicyclic) bond motifs is 1. The summed E-state index contributed by atoms with van der Waals surface area (Å²) in [6.07, 6.45) is 0.0551. The van der Waals surface area contributed by atoms with Crippen LogP contribution in [0.15, 0.2) is 54.6 Å². The summed E-state index contributed by atoms with van der Waals surface area (Å²) in [5.74, 6) is -0.141. The summed E-state index contributed by atoms with van der Waals surface area (Å²) in [5, 5.41) is 13.1. The molecule has 1 aliphatic carbocycles. The van der Waals surface area contributed by atoms with E-state index in [2.05, 4.69) is 5.32 Å². The van der Waals surface area contributed by atoms with Gasteiger partial charge in [0.05, 0.1) is 12.1 Å². The van der Waals surface area contributed by atoms with Crippen LogP contribution in [0, 0.1) is 0 Å². The summed E-state index contributed by atoms with van der Waals surface area (Å²) in [4.78, 5) is 12.1. The molecule has 2 aromatic carbocycles. The van der Waals surface area contributed by atoms with E-state index in [0.29, 0.717) is 12.0 Å². The van der Waals surface area contributed by atoms with Gasteiger partial charge in [0.15, 0.2) is 0 Å². The maximum atomic E-state index is 12.1. The van der Waals surface area contributed by atoms with Gasteiger partial charge in [0, 0.05) is 5.56 Å². The first-order valence-corrected chi connectivity index (χ1v) is 6.37. The fourth-order valence-electron chi connectivity index (χ4n) is 2.55. The Bertz CT molecular complexity index is 595. The molecule has 2 aromatic rings. The lowest BCUT2D eigenvalue weighted by molar-refractivity contribution is 0.0858. The largest absolute Gasteiger partial charge is 0.386 e. The Morgan fingerprint density at radius 1 is 1.05 bits per heavy atom. The molecule has 1 amide bonds. The molecular weight excluding hydrogens is 238 g/mol. The lowest BCUT2D eigenvalue weighted by atomic mass is 10.1. The van der Waals surface area contributed by atoms with Gasteiger partial charge < -0.3 is 10.4 Å². The van der Waals surface area contributed by atoms with Gasteiger partial charge in [-0.15, -0.1) is 0 Å². The van der Waals surface area contributed by atoms with Crippen molar-refractivity contribution in [2.45, 2.75) is 18.6 Å². The molecular formula is C16H15NO2. The van der Waals surface area contributed by atoms with Crippen LogP contribution in [0.2, 0.25) is 0 Å². The summed E-state index contributed by atoms with van der Waals surface area (Å²) >= 11 is 0. The summed E-state index contributed by atoms with van der Waals surface area (Å²) in [6.45, 7) is 0. The number of carbonyl (C=O) groups excluding carboxylic acids is 1. The summed E-state index contributed by atoms with van der Waals surface area (Å²) < 4.78 is 0. The third kappa shape index (κ3) is 2.25. The topological polar surface area (TPSA) is 49.3 Å². The van der Waals surface area contributed by atoms with Crippen LogP contribution in [0.4, 0.5) is 0 Å². The molecule has 2 N–H and O–H groups in total. The third-order valence-corrected chi connectivity index (χ3v) is 3.55. The van der Waals surface area contributed by atoms with Crippen molar-refractivity contribution in [3.8, 4) is 0 Å². The molecule has 3 heteroatoms. The highest BCUT2D eigenvalue weighted by Gasteiger charge is 2.31. The van der Waals surface area contributed by atoms with E-state index in [-0.39, 0.29) is 11.9 Å². The Kier molecular flexibility index (Phi) is 3.05. The van der Waals surface area contributed by atoms with Gasteiger partial charge in [-0.05, 0) is 29.7 Å². The first-order valence-electron chi connectivity index (χ1n) is 6.37. The molecule has 0 bridgehead atoms. The van der Waals surface area contributed by atoms with E-state index in [0.717, 1.165) is 11.1 Å². The Morgan fingerprint density at radius 3 is 2.47 bits per heavy atom. The van der Waals surface area contributed by atoms with E-state index >= 15 is 0 Å². The Labute approximate surface area is 111 Å². The van der Waals surface area contributed by atoms with E-state index in [4.69, 9.17) is 0 Å². The number of nitrogens with one attached hydrogen (secondary N) is 1. The second kappa shape index (κ2) is 4.86. The molecule has 0 saturated heterocycles. The van der Waals surface area contributed by atoms with Crippen LogP contribution in [0.5, 0.6) is 0 Å². The van der Waals surface area contributed by atoms with Crippen LogP contribution >= 0.6 is 0 Å². The lowest BCUT2D eigenvalue weighted by Gasteiger charge is -2.17. The van der Waals surface area contributed by atoms with Gasteiger partial charge in [0.1, 0.15) is 0 Å². The zero-order valence-electron chi connectivity index (χ0n) is 10.4. The quantitative estimate of drug-likeness (QED) is 0.860. The van der Waals surface area contributed by atoms with Crippen molar-refractivity contribution in [3.63, 3.8) is 0 Å². The van der Waals surface area contributed by atoms with E-state index in [1.165, 1.54) is 0 Å². The molecule has 0 aliphatic heterocycles. The fourth-order valence-corrected chi connectivity index (χ4v) is 2.55. The number of aliphatic hydroxyl groups is 1. The van der Waals surface area contributed by atoms with Gasteiger partial charge >= 0.3 is 0 Å². The summed E-state index contributed by atoms with van der Waals surface area (Å²) in [5.41, 5.74) is 2.64. The Balaban J connectivity index is 1.75. The van der Waals surface area contributed by atoms with Crippen LogP contribution in [0.3, 0.4) is 0 Å². The molecule has 0 heterocycles. The van der Waals surface area contributed by atoms with Crippen molar-refractivity contribution in [1.29, 1.82) is 0 Å². The van der Waals surface area contributed by atoms with Crippen molar-refractivity contribution in [2.75, 3.05) is 0 Å². The number of hydrogen-bond donors (Lipinski definition) is 2. The van der Waals surface area contributed by atoms with Gasteiger partial charge in [-0.25, -0.2) is 0 Å². The van der Waals surface area contributed by atoms with Crippen LogP contribution in [-0.2, 0) is 6.42 Å². The van der Waals surface area contributed by atoms with Crippen molar-refractivity contribution in [3.05, 3.63) is 71.3 Å². The van der Waals surface area contributed by atoms with Gasteiger partial charge in [-0.3, -0.25) is 4.79 Å². The number of benzene rings is 2. The minimum Gasteiger partial charge on any atom is -0.386 e. The van der Waals surface area contributed by atoms with Crippen LogP contribution in [0.25, 0.3) is 0 Å². The summed E-state index contributed by atoms with van der Waals surface area (Å²) in [7, 11) is 0. The SMILES string of the molecule is O=C(N[C@@H]1Cc2ccccc2[C@@H]1O)c1ccccc1. The van der Waals surface area contributed by atoms with Crippen LogP contribution in [0.1, 0.15) is 27.6 Å². The lowest BCUT2D eigenvalue weighted by Crippen LogP contribution is -2.37. The molecule has 3 rings (SSSR count). The normalized spacial score (nSPS) is 20.9. The zero-order valence-corrected chi connectivity index (χ0v) is 10.4. The zero-order chi connectivity index (χ0) is 13.2. The molecule has 0 aromatic heterocycles. The molecule has 0 fully saturated rings. The molecule has 1 aliphatic rings. The second-order valence-corrected chi connectivity index (χ2v) is 4.79. The standard InChI is InChI=1S/C16H15NO2/c18-15-13-9-5-4-8-12(13)10-14(15)17-16(19)11-6-2-1-3-7-11/h1-9,14-15,18H,10H2,(H,17,19)/t14-,15+/m1/s1. The number of hydrogen-bond acceptors (Lipinski definition) is 2. The molecule has 0 unspecified atom stereocenters. The van der Waals surface area contributed by atoms with Crippen LogP contribution < -0.4 is 5.32 Å². The molecule has 96 valence electrons. The maximum Gasteiger partial charge on any atom is 0.251 e. The van der Waals surface area contributed by atoms with E-state index in [9.17, 15) is 9.90 Å². The van der Waals surface area contributed by atoms with Crippen molar-refractivity contribution in [1.82, 2.24) is 5.32 Å². The molecule has 0 radical (unpaired) electrons. The molecule has 3 nitrogen and oxygen atoms in total. The monoisotopic (exact) mass is 253 g/mol. The average Bonchev–Trinajstić information content (AvgIpc) is 2.77. The first kappa shape index (κ1) is 11.9. The third-order valence-electron chi connectivity index (χ3n) is 3.55. The summed E-state index contributed by atoms with van der Waals surface area (Å²) in [6, 6.07) is 16.6.